The predicted octanol–water partition coefficient (Wildman–Crippen LogP) is 6.34. The van der Waals surface area contributed by atoms with Gasteiger partial charge >= 0.3 is 0 Å². The lowest BCUT2D eigenvalue weighted by molar-refractivity contribution is 0.255. The van der Waals surface area contributed by atoms with E-state index in [1.807, 2.05) is 6.07 Å². The Balaban J connectivity index is 1.76. The van der Waals surface area contributed by atoms with Gasteiger partial charge in [0.25, 0.3) is 0 Å². The molecule has 0 radical (unpaired) electrons. The van der Waals surface area contributed by atoms with Gasteiger partial charge in [-0.3, -0.25) is 0 Å². The third-order valence-electron chi connectivity index (χ3n) is 5.31. The van der Waals surface area contributed by atoms with Gasteiger partial charge in [-0.05, 0) is 69.2 Å². The molecular formula is C22H25ClFN5S2. The van der Waals surface area contributed by atoms with Gasteiger partial charge in [0.05, 0.1) is 27.0 Å². The summed E-state index contributed by atoms with van der Waals surface area (Å²) in [6.07, 6.45) is 4.74. The van der Waals surface area contributed by atoms with Gasteiger partial charge in [-0.25, -0.2) is 19.3 Å². The molecule has 1 saturated heterocycles. The van der Waals surface area contributed by atoms with E-state index in [9.17, 15) is 0 Å². The van der Waals surface area contributed by atoms with Gasteiger partial charge in [0, 0.05) is 23.4 Å². The number of nitrogens with one attached hydrogen (secondary N) is 1. The molecule has 2 aromatic heterocycles. The lowest BCUT2D eigenvalue weighted by atomic mass is 9.98. The van der Waals surface area contributed by atoms with Crippen LogP contribution in [-0.4, -0.2) is 45.7 Å². The van der Waals surface area contributed by atoms with Gasteiger partial charge in [-0.2, -0.15) is 0 Å². The number of hydrogen-bond donors (Lipinski definition) is 1. The highest BCUT2D eigenvalue weighted by Gasteiger charge is 2.26. The lowest BCUT2D eigenvalue weighted by Gasteiger charge is -2.27. The van der Waals surface area contributed by atoms with Gasteiger partial charge in [0.1, 0.15) is 0 Å². The number of anilines is 1. The lowest BCUT2D eigenvalue weighted by Crippen LogP contribution is -2.29. The second-order valence-electron chi connectivity index (χ2n) is 7.64. The van der Waals surface area contributed by atoms with Crippen LogP contribution in [0.1, 0.15) is 37.1 Å². The minimum absolute atomic E-state index is 0.171. The maximum absolute atomic E-state index is 15.5. The molecule has 3 heterocycles. The average Bonchev–Trinajstić information content (AvgIpc) is 3.21. The van der Waals surface area contributed by atoms with E-state index < -0.39 is 0 Å². The molecule has 1 aliphatic rings. The maximum atomic E-state index is 15.5. The number of likely N-dealkylation sites (tertiary alicyclic amines) is 1. The largest absolute Gasteiger partial charge is 0.327 e. The molecule has 0 unspecified atom stereocenters. The molecule has 4 rings (SSSR count). The Morgan fingerprint density at radius 1 is 1.26 bits per heavy atom. The average molecular weight is 478 g/mol. The van der Waals surface area contributed by atoms with Crippen LogP contribution in [0.4, 0.5) is 10.1 Å². The predicted molar refractivity (Wildman–Crippen MR) is 129 cm³/mol. The van der Waals surface area contributed by atoms with Crippen LogP contribution in [0, 0.1) is 5.82 Å². The summed E-state index contributed by atoms with van der Waals surface area (Å²) in [5, 5.41) is 1.20. The summed E-state index contributed by atoms with van der Waals surface area (Å²) >= 11 is 9.16. The monoisotopic (exact) mass is 477 g/mol. The first-order valence-corrected chi connectivity index (χ1v) is 12.6. The Bertz CT molecular complexity index is 1040. The summed E-state index contributed by atoms with van der Waals surface area (Å²) in [5.41, 5.74) is 2.24. The quantitative estimate of drug-likeness (QED) is 0.243. The van der Waals surface area contributed by atoms with Crippen LogP contribution in [0.25, 0.3) is 21.8 Å². The summed E-state index contributed by atoms with van der Waals surface area (Å²) in [6, 6.07) is 7.20. The highest BCUT2D eigenvalue weighted by Crippen LogP contribution is 2.42. The Hall–Kier alpha value is -1.74. The fourth-order valence-corrected chi connectivity index (χ4v) is 5.59. The second-order valence-corrected chi connectivity index (χ2v) is 9.91. The highest BCUT2D eigenvalue weighted by atomic mass is 35.5. The van der Waals surface area contributed by atoms with Crippen molar-refractivity contribution in [2.24, 2.45) is 0 Å². The van der Waals surface area contributed by atoms with Crippen LogP contribution in [0.3, 0.4) is 0 Å². The van der Waals surface area contributed by atoms with Crippen LogP contribution < -0.4 is 4.72 Å². The number of halogens is 2. The maximum Gasteiger partial charge on any atom is 0.222 e. The van der Waals surface area contributed by atoms with Gasteiger partial charge in [0.2, 0.25) is 5.28 Å². The van der Waals surface area contributed by atoms with E-state index in [2.05, 4.69) is 33.6 Å². The SMILES string of the molecule is CCCSNc1cccc(-c2nc(C3CCN(C)CC3)sc2-c2ccnc(Cl)n2)c1F. The van der Waals surface area contributed by atoms with Crippen LogP contribution in [0.5, 0.6) is 0 Å². The summed E-state index contributed by atoms with van der Waals surface area (Å²) in [4.78, 5) is 16.5. The van der Waals surface area contributed by atoms with Crippen molar-refractivity contribution < 1.29 is 4.39 Å². The van der Waals surface area contributed by atoms with Crippen LogP contribution in [-0.2, 0) is 0 Å². The van der Waals surface area contributed by atoms with Crippen LogP contribution in [0.2, 0.25) is 5.28 Å². The van der Waals surface area contributed by atoms with Crippen molar-refractivity contribution in [1.82, 2.24) is 19.9 Å². The molecular weight excluding hydrogens is 453 g/mol. The number of thiazole rings is 1. The summed E-state index contributed by atoms with van der Waals surface area (Å²) < 4.78 is 18.6. The molecule has 0 saturated carbocycles. The molecule has 1 aliphatic heterocycles. The number of rotatable bonds is 7. The molecule has 164 valence electrons. The van der Waals surface area contributed by atoms with E-state index in [-0.39, 0.29) is 11.1 Å². The number of hydrogen-bond acceptors (Lipinski definition) is 7. The Morgan fingerprint density at radius 2 is 2.06 bits per heavy atom. The molecule has 1 aromatic carbocycles. The van der Waals surface area contributed by atoms with Crippen molar-refractivity contribution in [1.29, 1.82) is 0 Å². The molecule has 5 nitrogen and oxygen atoms in total. The molecule has 0 amide bonds. The van der Waals surface area contributed by atoms with Crippen molar-refractivity contribution in [3.63, 3.8) is 0 Å². The van der Waals surface area contributed by atoms with Crippen molar-refractivity contribution in [2.75, 3.05) is 30.6 Å². The molecule has 0 aliphatic carbocycles. The Morgan fingerprint density at radius 3 is 2.81 bits per heavy atom. The highest BCUT2D eigenvalue weighted by molar-refractivity contribution is 8.00. The summed E-state index contributed by atoms with van der Waals surface area (Å²) in [5.74, 6) is 0.980. The first kappa shape index (κ1) is 22.5. The van der Waals surface area contributed by atoms with E-state index in [0.29, 0.717) is 28.6 Å². The fraction of sp³-hybridized carbons (Fsp3) is 0.409. The Labute approximate surface area is 195 Å². The van der Waals surface area contributed by atoms with Gasteiger partial charge < -0.3 is 9.62 Å². The number of aromatic nitrogens is 3. The number of piperidine rings is 1. The molecule has 1 N–H and O–H groups in total. The molecule has 0 spiro atoms. The third-order valence-corrected chi connectivity index (χ3v) is 7.71. The second kappa shape index (κ2) is 10.3. The van der Waals surface area contributed by atoms with Gasteiger partial charge in [-0.15, -0.1) is 11.3 Å². The minimum atomic E-state index is -0.298. The number of nitrogens with zero attached hydrogens (tertiary/aromatic N) is 4. The molecule has 3 aromatic rings. The first-order valence-electron chi connectivity index (χ1n) is 10.4. The zero-order chi connectivity index (χ0) is 21.8. The van der Waals surface area contributed by atoms with E-state index in [1.165, 1.54) is 11.9 Å². The molecule has 0 atom stereocenters. The minimum Gasteiger partial charge on any atom is -0.327 e. The van der Waals surface area contributed by atoms with Crippen LogP contribution >= 0.6 is 34.9 Å². The first-order chi connectivity index (χ1) is 15.1. The van der Waals surface area contributed by atoms with E-state index in [0.717, 1.165) is 48.0 Å². The Kier molecular flexibility index (Phi) is 7.43. The number of benzene rings is 1. The van der Waals surface area contributed by atoms with E-state index in [1.54, 1.807) is 35.7 Å². The van der Waals surface area contributed by atoms with Gasteiger partial charge in [0.15, 0.2) is 5.82 Å². The fourth-order valence-electron chi connectivity index (χ4n) is 3.61. The van der Waals surface area contributed by atoms with Crippen molar-refractivity contribution in [3.05, 3.63) is 46.6 Å². The topological polar surface area (TPSA) is 53.9 Å². The van der Waals surface area contributed by atoms with Crippen LogP contribution in [0.15, 0.2) is 30.5 Å². The molecule has 31 heavy (non-hydrogen) atoms. The molecule has 0 bridgehead atoms. The zero-order valence-electron chi connectivity index (χ0n) is 17.6. The van der Waals surface area contributed by atoms with E-state index >= 15 is 4.39 Å². The van der Waals surface area contributed by atoms with E-state index in [4.69, 9.17) is 16.6 Å². The smallest absolute Gasteiger partial charge is 0.222 e. The summed E-state index contributed by atoms with van der Waals surface area (Å²) in [7, 11) is 2.14. The van der Waals surface area contributed by atoms with Crippen molar-refractivity contribution in [3.8, 4) is 21.8 Å². The molecule has 9 heteroatoms. The zero-order valence-corrected chi connectivity index (χ0v) is 20.0. The third kappa shape index (κ3) is 5.19. The van der Waals surface area contributed by atoms with Crippen molar-refractivity contribution >= 4 is 40.6 Å². The van der Waals surface area contributed by atoms with Crippen molar-refractivity contribution in [2.45, 2.75) is 32.1 Å². The normalized spacial score (nSPS) is 15.4. The van der Waals surface area contributed by atoms with Gasteiger partial charge in [-0.1, -0.05) is 24.9 Å². The molecule has 1 fully saturated rings. The summed E-state index contributed by atoms with van der Waals surface area (Å²) in [6.45, 7) is 4.17. The standard InChI is InChI=1S/C22H25ClFN5S2/c1-3-13-30-28-16-6-4-5-15(18(16)24)19-20(17-7-10-25-22(23)26-17)31-21(27-19)14-8-11-29(2)12-9-14/h4-7,10,14,28H,3,8-9,11-13H2,1-2H3.